The van der Waals surface area contributed by atoms with Crippen molar-refractivity contribution in [1.82, 2.24) is 4.90 Å². The Morgan fingerprint density at radius 3 is 2.22 bits per heavy atom. The average Bonchev–Trinajstić information content (AvgIpc) is 3.37. The predicted octanol–water partition coefficient (Wildman–Crippen LogP) is 5.81. The molecule has 7 nitrogen and oxygen atoms in total. The molecule has 0 radical (unpaired) electrons. The van der Waals surface area contributed by atoms with Gasteiger partial charge < -0.3 is 24.2 Å². The fourth-order valence-corrected chi connectivity index (χ4v) is 4.27. The molecule has 0 spiro atoms. The maximum atomic E-state index is 12.8. The van der Waals surface area contributed by atoms with Gasteiger partial charge in [0.1, 0.15) is 18.1 Å². The molecule has 3 rings (SSSR count). The van der Waals surface area contributed by atoms with Crippen molar-refractivity contribution in [2.45, 2.75) is 51.3 Å². The Balaban J connectivity index is 1.56. The fourth-order valence-electron chi connectivity index (χ4n) is 4.27. The quantitative estimate of drug-likeness (QED) is 0.378. The molecule has 0 heterocycles. The van der Waals surface area contributed by atoms with E-state index < -0.39 is 29.9 Å². The summed E-state index contributed by atoms with van der Waals surface area (Å²) in [5.41, 5.74) is -0.0259. The highest BCUT2D eigenvalue weighted by atomic mass is 19.4. The average molecular weight is 524 g/mol. The molecule has 1 unspecified atom stereocenters. The number of carbonyl (C=O) groups is 2. The molecule has 0 bridgehead atoms. The van der Waals surface area contributed by atoms with Crippen molar-refractivity contribution < 1.29 is 42.1 Å². The minimum absolute atomic E-state index is 0.0395. The van der Waals surface area contributed by atoms with Crippen LogP contribution >= 0.6 is 0 Å². The van der Waals surface area contributed by atoms with Crippen molar-refractivity contribution in [2.24, 2.45) is 5.92 Å². The minimum atomic E-state index is -4.46. The van der Waals surface area contributed by atoms with E-state index in [2.05, 4.69) is 0 Å². The van der Waals surface area contributed by atoms with Gasteiger partial charge in [-0.05, 0) is 67.6 Å². The lowest BCUT2D eigenvalue weighted by Gasteiger charge is -2.25. The Morgan fingerprint density at radius 1 is 1.03 bits per heavy atom. The summed E-state index contributed by atoms with van der Waals surface area (Å²) in [6, 6.07) is 11.0. The highest BCUT2D eigenvalue weighted by Gasteiger charge is 2.30. The molecule has 0 aliphatic heterocycles. The van der Waals surface area contributed by atoms with E-state index in [4.69, 9.17) is 14.2 Å². The van der Waals surface area contributed by atoms with Crippen LogP contribution in [0.1, 0.15) is 43.7 Å². The van der Waals surface area contributed by atoms with E-state index in [0.717, 1.165) is 55.5 Å². The van der Waals surface area contributed by atoms with E-state index in [9.17, 15) is 27.9 Å². The standard InChI is InChI=1S/C27H32F3NO6/c1-2-35-24(25(32)33)17-19-7-11-22(12-8-19)36-16-15-31(18-20-5-3-4-6-20)26(34)37-23-13-9-21(10-14-23)27(28,29)30/h7-14,20,24H,2-6,15-18H2,1H3,(H,32,33). The van der Waals surface area contributed by atoms with Gasteiger partial charge in [0.15, 0.2) is 6.10 Å². The van der Waals surface area contributed by atoms with Gasteiger partial charge in [-0.15, -0.1) is 0 Å². The first kappa shape index (κ1) is 28.3. The van der Waals surface area contributed by atoms with Gasteiger partial charge in [-0.2, -0.15) is 13.2 Å². The molecule has 202 valence electrons. The fraction of sp³-hybridized carbons (Fsp3) is 0.481. The lowest BCUT2D eigenvalue weighted by Crippen LogP contribution is -2.39. The number of aliphatic carboxylic acids is 1. The number of rotatable bonds is 12. The van der Waals surface area contributed by atoms with Crippen molar-refractivity contribution in [1.29, 1.82) is 0 Å². The van der Waals surface area contributed by atoms with E-state index in [1.165, 1.54) is 4.90 Å². The van der Waals surface area contributed by atoms with Crippen molar-refractivity contribution in [3.63, 3.8) is 0 Å². The first-order valence-electron chi connectivity index (χ1n) is 12.4. The molecule has 10 heteroatoms. The molecular formula is C27H32F3NO6. The number of hydrogen-bond acceptors (Lipinski definition) is 5. The Kier molecular flexibility index (Phi) is 10.2. The summed E-state index contributed by atoms with van der Waals surface area (Å²) < 4.78 is 54.8. The van der Waals surface area contributed by atoms with Crippen LogP contribution in [-0.4, -0.2) is 54.5 Å². The van der Waals surface area contributed by atoms with Gasteiger partial charge in [0, 0.05) is 19.6 Å². The van der Waals surface area contributed by atoms with Crippen LogP contribution in [-0.2, 0) is 22.1 Å². The van der Waals surface area contributed by atoms with Crippen LogP contribution in [0.15, 0.2) is 48.5 Å². The zero-order chi connectivity index (χ0) is 26.8. The van der Waals surface area contributed by atoms with Crippen LogP contribution in [0.25, 0.3) is 0 Å². The van der Waals surface area contributed by atoms with Gasteiger partial charge in [-0.25, -0.2) is 9.59 Å². The summed E-state index contributed by atoms with van der Waals surface area (Å²) in [6.45, 7) is 2.95. The summed E-state index contributed by atoms with van der Waals surface area (Å²) in [6.07, 6.45) is -1.58. The third-order valence-electron chi connectivity index (χ3n) is 6.22. The number of hydrogen-bond donors (Lipinski definition) is 1. The van der Waals surface area contributed by atoms with E-state index >= 15 is 0 Å². The van der Waals surface area contributed by atoms with Gasteiger partial charge in [0.05, 0.1) is 12.1 Å². The minimum Gasteiger partial charge on any atom is -0.492 e. The molecule has 0 saturated heterocycles. The predicted molar refractivity (Wildman–Crippen MR) is 130 cm³/mol. The largest absolute Gasteiger partial charge is 0.492 e. The second-order valence-electron chi connectivity index (χ2n) is 8.97. The van der Waals surface area contributed by atoms with Crippen molar-refractivity contribution in [2.75, 3.05) is 26.3 Å². The normalized spacial score (nSPS) is 14.8. The molecule has 37 heavy (non-hydrogen) atoms. The van der Waals surface area contributed by atoms with Crippen LogP contribution in [0.4, 0.5) is 18.0 Å². The monoisotopic (exact) mass is 523 g/mol. The van der Waals surface area contributed by atoms with Crippen LogP contribution < -0.4 is 9.47 Å². The Morgan fingerprint density at radius 2 is 1.65 bits per heavy atom. The molecule has 1 N–H and O–H groups in total. The first-order chi connectivity index (χ1) is 17.7. The maximum Gasteiger partial charge on any atom is 0.416 e. The molecule has 1 saturated carbocycles. The molecular weight excluding hydrogens is 491 g/mol. The number of amides is 1. The molecule has 2 aromatic rings. The summed E-state index contributed by atoms with van der Waals surface area (Å²) in [4.78, 5) is 25.7. The lowest BCUT2D eigenvalue weighted by molar-refractivity contribution is -0.150. The third kappa shape index (κ3) is 8.96. The second-order valence-corrected chi connectivity index (χ2v) is 8.97. The van der Waals surface area contributed by atoms with E-state index in [0.29, 0.717) is 24.8 Å². The number of ether oxygens (including phenoxy) is 3. The van der Waals surface area contributed by atoms with Crippen LogP contribution in [0, 0.1) is 5.92 Å². The number of halogens is 3. The zero-order valence-electron chi connectivity index (χ0n) is 20.7. The Labute approximate surface area is 214 Å². The van der Waals surface area contributed by atoms with E-state index in [1.54, 1.807) is 31.2 Å². The van der Waals surface area contributed by atoms with Crippen molar-refractivity contribution in [3.05, 3.63) is 59.7 Å². The highest BCUT2D eigenvalue weighted by Crippen LogP contribution is 2.30. The molecule has 0 aromatic heterocycles. The van der Waals surface area contributed by atoms with Crippen LogP contribution in [0.2, 0.25) is 0 Å². The molecule has 1 aliphatic rings. The summed E-state index contributed by atoms with van der Waals surface area (Å²) >= 11 is 0. The molecule has 1 fully saturated rings. The van der Waals surface area contributed by atoms with Gasteiger partial charge in [0.25, 0.3) is 0 Å². The van der Waals surface area contributed by atoms with Gasteiger partial charge in [-0.1, -0.05) is 25.0 Å². The van der Waals surface area contributed by atoms with Gasteiger partial charge >= 0.3 is 18.2 Å². The molecule has 1 atom stereocenters. The lowest BCUT2D eigenvalue weighted by atomic mass is 10.1. The number of carbonyl (C=O) groups excluding carboxylic acids is 1. The van der Waals surface area contributed by atoms with E-state index in [1.807, 2.05) is 0 Å². The third-order valence-corrected chi connectivity index (χ3v) is 6.22. The molecule has 1 amide bonds. The topological polar surface area (TPSA) is 85.3 Å². The maximum absolute atomic E-state index is 12.8. The number of alkyl halides is 3. The number of carboxylic acids is 1. The zero-order valence-corrected chi connectivity index (χ0v) is 20.7. The SMILES string of the molecule is CCOC(Cc1ccc(OCCN(CC2CCCC2)C(=O)Oc2ccc(C(F)(F)F)cc2)cc1)C(=O)O. The van der Waals surface area contributed by atoms with Gasteiger partial charge in [-0.3, -0.25) is 0 Å². The van der Waals surface area contributed by atoms with Crippen molar-refractivity contribution >= 4 is 12.1 Å². The van der Waals surface area contributed by atoms with Crippen LogP contribution in [0.5, 0.6) is 11.5 Å². The Hall–Kier alpha value is -3.27. The smallest absolute Gasteiger partial charge is 0.416 e. The highest BCUT2D eigenvalue weighted by molar-refractivity contribution is 5.72. The van der Waals surface area contributed by atoms with Crippen LogP contribution in [0.3, 0.4) is 0 Å². The van der Waals surface area contributed by atoms with E-state index in [-0.39, 0.29) is 25.3 Å². The summed E-state index contributed by atoms with van der Waals surface area (Å²) in [7, 11) is 0. The van der Waals surface area contributed by atoms with Crippen molar-refractivity contribution in [3.8, 4) is 11.5 Å². The second kappa shape index (κ2) is 13.3. The number of benzene rings is 2. The Bertz CT molecular complexity index is 1000. The number of carboxylic acid groups (broad SMARTS) is 1. The molecule has 1 aliphatic carbocycles. The number of nitrogens with zero attached hydrogens (tertiary/aromatic N) is 1. The molecule has 2 aromatic carbocycles. The first-order valence-corrected chi connectivity index (χ1v) is 12.4. The summed E-state index contributed by atoms with van der Waals surface area (Å²) in [5.74, 6) is -0.0822. The summed E-state index contributed by atoms with van der Waals surface area (Å²) in [5, 5.41) is 9.24. The van der Waals surface area contributed by atoms with Gasteiger partial charge in [0.2, 0.25) is 0 Å².